The minimum atomic E-state index is -0.151. The highest BCUT2D eigenvalue weighted by atomic mass is 16.3. The van der Waals surface area contributed by atoms with Crippen molar-refractivity contribution in [1.29, 1.82) is 0 Å². The van der Waals surface area contributed by atoms with Crippen molar-refractivity contribution in [2.75, 3.05) is 0 Å². The van der Waals surface area contributed by atoms with E-state index in [2.05, 4.69) is 27.7 Å². The molecule has 2 heteroatoms. The van der Waals surface area contributed by atoms with Gasteiger partial charge in [0.1, 0.15) is 11.5 Å². The molecule has 2 N–H and O–H groups in total. The zero-order chi connectivity index (χ0) is 15.6. The van der Waals surface area contributed by atoms with E-state index in [-0.39, 0.29) is 16.9 Å². The van der Waals surface area contributed by atoms with Gasteiger partial charge in [-0.15, -0.1) is 0 Å². The van der Waals surface area contributed by atoms with Crippen molar-refractivity contribution in [3.8, 4) is 11.5 Å². The number of rotatable bonds is 4. The van der Waals surface area contributed by atoms with E-state index >= 15 is 0 Å². The maximum absolute atomic E-state index is 9.57. The Labute approximate surface area is 127 Å². The standard InChI is InChI=1S/C19H24O2/c1-13(2)19(14(3)4,15-5-9-17(20)10-6-15)16-7-11-18(21)12-8-16/h5-14,20-21H,1-4H3. The number of benzene rings is 2. The molecule has 0 fully saturated rings. The largest absolute Gasteiger partial charge is 0.508 e. The Morgan fingerprint density at radius 1 is 0.619 bits per heavy atom. The van der Waals surface area contributed by atoms with Crippen LogP contribution in [-0.2, 0) is 5.41 Å². The lowest BCUT2D eigenvalue weighted by Gasteiger charge is -2.43. The van der Waals surface area contributed by atoms with E-state index in [4.69, 9.17) is 0 Å². The Bertz CT molecular complexity index is 524. The van der Waals surface area contributed by atoms with Crippen molar-refractivity contribution in [2.45, 2.75) is 33.1 Å². The van der Waals surface area contributed by atoms with Gasteiger partial charge in [0.05, 0.1) is 0 Å². The lowest BCUT2D eigenvalue weighted by molar-refractivity contribution is 0.273. The van der Waals surface area contributed by atoms with Crippen LogP contribution in [0.15, 0.2) is 48.5 Å². The first-order chi connectivity index (χ1) is 9.88. The molecule has 0 aromatic heterocycles. The van der Waals surface area contributed by atoms with Gasteiger partial charge in [0, 0.05) is 5.41 Å². The van der Waals surface area contributed by atoms with Gasteiger partial charge >= 0.3 is 0 Å². The van der Waals surface area contributed by atoms with Crippen LogP contribution in [0.5, 0.6) is 11.5 Å². The molecular weight excluding hydrogens is 260 g/mol. The Hall–Kier alpha value is -1.96. The molecule has 0 aliphatic heterocycles. The van der Waals surface area contributed by atoms with E-state index in [1.807, 2.05) is 24.3 Å². The van der Waals surface area contributed by atoms with Crippen molar-refractivity contribution >= 4 is 0 Å². The normalized spacial score (nSPS) is 12.1. The molecule has 2 nitrogen and oxygen atoms in total. The van der Waals surface area contributed by atoms with E-state index in [1.165, 1.54) is 11.1 Å². The van der Waals surface area contributed by atoms with Gasteiger partial charge in [-0.3, -0.25) is 0 Å². The average molecular weight is 284 g/mol. The Kier molecular flexibility index (Phi) is 4.26. The molecule has 112 valence electrons. The first-order valence-electron chi connectivity index (χ1n) is 7.48. The van der Waals surface area contributed by atoms with Gasteiger partial charge in [0.2, 0.25) is 0 Å². The highest BCUT2D eigenvalue weighted by molar-refractivity contribution is 5.44. The molecule has 2 aromatic rings. The summed E-state index contributed by atoms with van der Waals surface area (Å²) in [6, 6.07) is 15.0. The maximum atomic E-state index is 9.57. The van der Waals surface area contributed by atoms with E-state index in [1.54, 1.807) is 24.3 Å². The third kappa shape index (κ3) is 2.63. The lowest BCUT2D eigenvalue weighted by Crippen LogP contribution is -2.39. The molecule has 0 radical (unpaired) electrons. The highest BCUT2D eigenvalue weighted by Crippen LogP contribution is 2.45. The van der Waals surface area contributed by atoms with Gasteiger partial charge in [-0.05, 0) is 47.2 Å². The number of phenols is 2. The molecule has 21 heavy (non-hydrogen) atoms. The van der Waals surface area contributed by atoms with Crippen molar-refractivity contribution in [2.24, 2.45) is 11.8 Å². The van der Waals surface area contributed by atoms with Crippen molar-refractivity contribution in [3.63, 3.8) is 0 Å². The smallest absolute Gasteiger partial charge is 0.115 e. The molecule has 0 bridgehead atoms. The summed E-state index contributed by atoms with van der Waals surface area (Å²) in [4.78, 5) is 0. The van der Waals surface area contributed by atoms with Gasteiger partial charge in [0.25, 0.3) is 0 Å². The summed E-state index contributed by atoms with van der Waals surface area (Å²) in [5.41, 5.74) is 2.23. The summed E-state index contributed by atoms with van der Waals surface area (Å²) in [5.74, 6) is 1.33. The van der Waals surface area contributed by atoms with Crippen LogP contribution >= 0.6 is 0 Å². The molecule has 0 aliphatic rings. The van der Waals surface area contributed by atoms with Crippen molar-refractivity contribution in [3.05, 3.63) is 59.7 Å². The second kappa shape index (κ2) is 5.80. The quantitative estimate of drug-likeness (QED) is 0.854. The molecule has 0 spiro atoms. The van der Waals surface area contributed by atoms with Crippen LogP contribution in [-0.4, -0.2) is 10.2 Å². The molecule has 0 aliphatic carbocycles. The van der Waals surface area contributed by atoms with Gasteiger partial charge in [-0.25, -0.2) is 0 Å². The molecule has 0 saturated carbocycles. The molecular formula is C19H24O2. The van der Waals surface area contributed by atoms with E-state index < -0.39 is 0 Å². The van der Waals surface area contributed by atoms with Crippen LogP contribution in [0.2, 0.25) is 0 Å². The van der Waals surface area contributed by atoms with E-state index in [0.717, 1.165) is 0 Å². The topological polar surface area (TPSA) is 40.5 Å². The fourth-order valence-corrected chi connectivity index (χ4v) is 3.64. The minimum absolute atomic E-state index is 0.151. The molecule has 0 amide bonds. The van der Waals surface area contributed by atoms with Gasteiger partial charge in [-0.1, -0.05) is 52.0 Å². The van der Waals surface area contributed by atoms with Crippen LogP contribution in [0.25, 0.3) is 0 Å². The van der Waals surface area contributed by atoms with Crippen LogP contribution in [0, 0.1) is 11.8 Å². The third-order valence-electron chi connectivity index (χ3n) is 4.51. The summed E-state index contributed by atoms with van der Waals surface area (Å²) in [5, 5.41) is 19.1. The number of phenolic OH excluding ortho intramolecular Hbond substituents is 2. The molecule has 0 heterocycles. The first kappa shape index (κ1) is 15.4. The fourth-order valence-electron chi connectivity index (χ4n) is 3.64. The van der Waals surface area contributed by atoms with Crippen LogP contribution in [0.4, 0.5) is 0 Å². The summed E-state index contributed by atoms with van der Waals surface area (Å²) in [7, 11) is 0. The molecule has 0 saturated heterocycles. The van der Waals surface area contributed by atoms with Gasteiger partial charge in [-0.2, -0.15) is 0 Å². The summed E-state index contributed by atoms with van der Waals surface area (Å²) in [6.07, 6.45) is 0. The lowest BCUT2D eigenvalue weighted by atomic mass is 9.60. The molecule has 2 aromatic carbocycles. The third-order valence-corrected chi connectivity index (χ3v) is 4.51. The average Bonchev–Trinajstić information content (AvgIpc) is 2.43. The van der Waals surface area contributed by atoms with Gasteiger partial charge in [0.15, 0.2) is 0 Å². The Morgan fingerprint density at radius 3 is 1.14 bits per heavy atom. The summed E-state index contributed by atoms with van der Waals surface area (Å²) >= 11 is 0. The summed E-state index contributed by atoms with van der Waals surface area (Å²) < 4.78 is 0. The van der Waals surface area contributed by atoms with Crippen LogP contribution in [0.3, 0.4) is 0 Å². The second-order valence-corrected chi connectivity index (χ2v) is 6.27. The predicted octanol–water partition coefficient (Wildman–Crippen LogP) is 4.70. The minimum Gasteiger partial charge on any atom is -0.508 e. The van der Waals surface area contributed by atoms with E-state index in [9.17, 15) is 10.2 Å². The Morgan fingerprint density at radius 2 is 0.905 bits per heavy atom. The van der Waals surface area contributed by atoms with Crippen LogP contribution < -0.4 is 0 Å². The second-order valence-electron chi connectivity index (χ2n) is 6.27. The van der Waals surface area contributed by atoms with Crippen molar-refractivity contribution in [1.82, 2.24) is 0 Å². The summed E-state index contributed by atoms with van der Waals surface area (Å²) in [6.45, 7) is 8.89. The van der Waals surface area contributed by atoms with Gasteiger partial charge < -0.3 is 10.2 Å². The predicted molar refractivity (Wildman–Crippen MR) is 86.7 cm³/mol. The van der Waals surface area contributed by atoms with Crippen molar-refractivity contribution < 1.29 is 10.2 Å². The zero-order valence-corrected chi connectivity index (χ0v) is 13.2. The number of hydrogen-bond donors (Lipinski definition) is 2. The monoisotopic (exact) mass is 284 g/mol. The fraction of sp³-hybridized carbons (Fsp3) is 0.368. The van der Waals surface area contributed by atoms with Crippen LogP contribution in [0.1, 0.15) is 38.8 Å². The molecule has 2 rings (SSSR count). The Balaban J connectivity index is 2.69. The molecule has 0 unspecified atom stereocenters. The SMILES string of the molecule is CC(C)C(c1ccc(O)cc1)(c1ccc(O)cc1)C(C)C. The zero-order valence-electron chi connectivity index (χ0n) is 13.2. The number of aromatic hydroxyl groups is 2. The first-order valence-corrected chi connectivity index (χ1v) is 7.48. The molecule has 0 atom stereocenters. The van der Waals surface area contributed by atoms with E-state index in [0.29, 0.717) is 11.8 Å². The number of hydrogen-bond acceptors (Lipinski definition) is 2. The highest BCUT2D eigenvalue weighted by Gasteiger charge is 2.40. The maximum Gasteiger partial charge on any atom is 0.115 e.